The van der Waals surface area contributed by atoms with Crippen molar-refractivity contribution in [2.24, 2.45) is 11.7 Å². The van der Waals surface area contributed by atoms with Gasteiger partial charge in [0.15, 0.2) is 0 Å². The van der Waals surface area contributed by atoms with Crippen LogP contribution >= 0.6 is 11.9 Å². The van der Waals surface area contributed by atoms with Crippen molar-refractivity contribution in [3.8, 4) is 0 Å². The fourth-order valence-electron chi connectivity index (χ4n) is 3.20. The van der Waals surface area contributed by atoms with Crippen molar-refractivity contribution in [2.45, 2.75) is 36.8 Å². The summed E-state index contributed by atoms with van der Waals surface area (Å²) in [6.45, 7) is 3.83. The Bertz CT molecular complexity index is 649. The maximum absolute atomic E-state index is 10.6. The quantitative estimate of drug-likeness (QED) is 0.820. The van der Waals surface area contributed by atoms with Crippen LogP contribution in [-0.2, 0) is 12.8 Å². The maximum Gasteiger partial charge on any atom is 0.0830 e. The Balaban J connectivity index is 1.62. The number of aliphatic hydroxyl groups excluding tert-OH is 1. The second-order valence-corrected chi connectivity index (χ2v) is 7.91. The summed E-state index contributed by atoms with van der Waals surface area (Å²) in [6, 6.07) is 18.5. The van der Waals surface area contributed by atoms with E-state index in [4.69, 9.17) is 5.73 Å². The van der Waals surface area contributed by atoms with Crippen LogP contribution < -0.4 is 5.73 Å². The molecule has 0 radical (unpaired) electrons. The molecule has 128 valence electrons. The zero-order valence-corrected chi connectivity index (χ0v) is 15.0. The van der Waals surface area contributed by atoms with Crippen LogP contribution in [0.2, 0.25) is 0 Å². The third-order valence-corrected chi connectivity index (χ3v) is 5.63. The van der Waals surface area contributed by atoms with Crippen molar-refractivity contribution >= 4 is 11.9 Å². The highest BCUT2D eigenvalue weighted by molar-refractivity contribution is 7.97. The van der Waals surface area contributed by atoms with E-state index in [0.29, 0.717) is 18.9 Å². The van der Waals surface area contributed by atoms with E-state index in [2.05, 4.69) is 47.6 Å². The predicted molar refractivity (Wildman–Crippen MR) is 101 cm³/mol. The number of β-amino-alcohol motifs (C(OH)–C–C–N with tert-alkyl or cyclic N) is 1. The van der Waals surface area contributed by atoms with Crippen molar-refractivity contribution in [1.29, 1.82) is 0 Å². The summed E-state index contributed by atoms with van der Waals surface area (Å²) in [6.07, 6.45) is 1.26. The average molecular weight is 343 g/mol. The summed E-state index contributed by atoms with van der Waals surface area (Å²) in [5.41, 5.74) is 8.82. The Hall–Kier alpha value is -1.33. The molecule has 0 amide bonds. The molecule has 0 saturated carbocycles. The van der Waals surface area contributed by atoms with E-state index in [1.807, 2.05) is 18.2 Å². The number of nitrogens with zero attached hydrogens (tertiary/aromatic N) is 1. The molecule has 0 unspecified atom stereocenters. The number of hydrogen-bond acceptors (Lipinski definition) is 4. The van der Waals surface area contributed by atoms with Crippen LogP contribution in [-0.4, -0.2) is 34.6 Å². The first-order chi connectivity index (χ1) is 11.6. The van der Waals surface area contributed by atoms with Gasteiger partial charge < -0.3 is 10.8 Å². The Kier molecular flexibility index (Phi) is 5.95. The minimum Gasteiger partial charge on any atom is -0.390 e. The smallest absolute Gasteiger partial charge is 0.0830 e. The Morgan fingerprint density at radius 1 is 1.17 bits per heavy atom. The van der Waals surface area contributed by atoms with Gasteiger partial charge in [-0.25, -0.2) is 4.31 Å². The van der Waals surface area contributed by atoms with E-state index in [0.717, 1.165) is 13.0 Å². The summed E-state index contributed by atoms with van der Waals surface area (Å²) in [5, 5.41) is 10.6. The lowest BCUT2D eigenvalue weighted by molar-refractivity contribution is 0.119. The van der Waals surface area contributed by atoms with Crippen LogP contribution in [0.25, 0.3) is 0 Å². The second kappa shape index (κ2) is 8.17. The number of hydrogen-bond donors (Lipinski definition) is 2. The van der Waals surface area contributed by atoms with Crippen LogP contribution in [0, 0.1) is 5.92 Å². The normalized spacial score (nSPS) is 20.9. The lowest BCUT2D eigenvalue weighted by Crippen LogP contribution is -2.43. The molecule has 24 heavy (non-hydrogen) atoms. The number of benzene rings is 2. The molecule has 2 aromatic rings. The van der Waals surface area contributed by atoms with Gasteiger partial charge in [-0.1, -0.05) is 55.5 Å². The van der Waals surface area contributed by atoms with Gasteiger partial charge in [0.25, 0.3) is 0 Å². The first-order valence-electron chi connectivity index (χ1n) is 8.60. The molecule has 1 aliphatic rings. The molecule has 3 rings (SSSR count). The van der Waals surface area contributed by atoms with Crippen molar-refractivity contribution in [3.63, 3.8) is 0 Å². The predicted octanol–water partition coefficient (Wildman–Crippen LogP) is 3.12. The van der Waals surface area contributed by atoms with E-state index in [9.17, 15) is 5.11 Å². The number of fused-ring (bicyclic) bond motifs is 1. The summed E-state index contributed by atoms with van der Waals surface area (Å²) < 4.78 is 2.27. The Morgan fingerprint density at radius 3 is 2.67 bits per heavy atom. The Labute approximate surface area is 149 Å². The van der Waals surface area contributed by atoms with Gasteiger partial charge in [0, 0.05) is 24.0 Å². The summed E-state index contributed by atoms with van der Waals surface area (Å²) in [5.74, 6) is 0.568. The van der Waals surface area contributed by atoms with Gasteiger partial charge in [-0.05, 0) is 47.9 Å². The van der Waals surface area contributed by atoms with Crippen LogP contribution in [0.3, 0.4) is 0 Å². The maximum atomic E-state index is 10.6. The number of aliphatic hydroxyl groups is 1. The zero-order chi connectivity index (χ0) is 16.9. The van der Waals surface area contributed by atoms with Crippen molar-refractivity contribution < 1.29 is 5.11 Å². The molecule has 0 fully saturated rings. The van der Waals surface area contributed by atoms with Crippen molar-refractivity contribution in [3.05, 3.63) is 65.7 Å². The van der Waals surface area contributed by atoms with E-state index >= 15 is 0 Å². The molecule has 0 bridgehead atoms. The fourth-order valence-corrected chi connectivity index (χ4v) is 4.45. The molecule has 1 aliphatic heterocycles. The fraction of sp³-hybridized carbons (Fsp3) is 0.400. The molecule has 3 nitrogen and oxygen atoms in total. The third-order valence-electron chi connectivity index (χ3n) is 4.48. The lowest BCUT2D eigenvalue weighted by atomic mass is 10.00. The summed E-state index contributed by atoms with van der Waals surface area (Å²) >= 11 is 1.75. The SMILES string of the molecule is C[C@H]1Cc2ccccc2SN(C[C@@H](O)[C@@H](N)Cc2ccccc2)C1. The van der Waals surface area contributed by atoms with E-state index in [1.165, 1.54) is 16.0 Å². The molecule has 3 N–H and O–H groups in total. The van der Waals surface area contributed by atoms with E-state index in [1.54, 1.807) is 11.9 Å². The van der Waals surface area contributed by atoms with Gasteiger partial charge in [0.1, 0.15) is 0 Å². The Morgan fingerprint density at radius 2 is 1.88 bits per heavy atom. The number of rotatable bonds is 5. The van der Waals surface area contributed by atoms with Gasteiger partial charge in [0.05, 0.1) is 6.10 Å². The molecule has 4 heteroatoms. The second-order valence-electron chi connectivity index (χ2n) is 6.78. The highest BCUT2D eigenvalue weighted by Gasteiger charge is 2.24. The van der Waals surface area contributed by atoms with Crippen LogP contribution in [0.1, 0.15) is 18.1 Å². The molecule has 3 atom stereocenters. The monoisotopic (exact) mass is 342 g/mol. The highest BCUT2D eigenvalue weighted by Crippen LogP contribution is 2.32. The van der Waals surface area contributed by atoms with Gasteiger partial charge in [-0.15, -0.1) is 0 Å². The largest absolute Gasteiger partial charge is 0.390 e. The molecule has 0 aliphatic carbocycles. The minimum absolute atomic E-state index is 0.248. The van der Waals surface area contributed by atoms with Crippen LogP contribution in [0.15, 0.2) is 59.5 Å². The summed E-state index contributed by atoms with van der Waals surface area (Å²) in [7, 11) is 0. The number of nitrogens with two attached hydrogens (primary N) is 1. The summed E-state index contributed by atoms with van der Waals surface area (Å²) in [4.78, 5) is 1.30. The molecular weight excluding hydrogens is 316 g/mol. The van der Waals surface area contributed by atoms with Gasteiger partial charge >= 0.3 is 0 Å². The molecule has 0 spiro atoms. The van der Waals surface area contributed by atoms with Crippen LogP contribution in [0.4, 0.5) is 0 Å². The third kappa shape index (κ3) is 4.61. The molecule has 0 aromatic heterocycles. The first kappa shape index (κ1) is 17.5. The standard InChI is InChI=1S/C20H26N2OS/c1-15-11-17-9-5-6-10-20(17)24-22(13-15)14-19(23)18(21)12-16-7-3-2-4-8-16/h2-10,15,18-19,23H,11-14,21H2,1H3/t15-,18-,19+/m0/s1. The zero-order valence-electron chi connectivity index (χ0n) is 14.1. The topological polar surface area (TPSA) is 49.5 Å². The molecule has 2 aromatic carbocycles. The van der Waals surface area contributed by atoms with Gasteiger partial charge in [-0.3, -0.25) is 0 Å². The van der Waals surface area contributed by atoms with E-state index < -0.39 is 6.10 Å². The average Bonchev–Trinajstić information content (AvgIpc) is 2.72. The van der Waals surface area contributed by atoms with Crippen molar-refractivity contribution in [2.75, 3.05) is 13.1 Å². The van der Waals surface area contributed by atoms with Crippen LogP contribution in [0.5, 0.6) is 0 Å². The lowest BCUT2D eigenvalue weighted by Gasteiger charge is -2.27. The van der Waals surface area contributed by atoms with Crippen molar-refractivity contribution in [1.82, 2.24) is 4.31 Å². The van der Waals surface area contributed by atoms with Gasteiger partial charge in [-0.2, -0.15) is 0 Å². The van der Waals surface area contributed by atoms with Gasteiger partial charge in [0.2, 0.25) is 0 Å². The molecule has 0 saturated heterocycles. The van der Waals surface area contributed by atoms with E-state index in [-0.39, 0.29) is 6.04 Å². The molecular formula is C20H26N2OS. The minimum atomic E-state index is -0.532. The highest BCUT2D eigenvalue weighted by atomic mass is 32.2. The first-order valence-corrected chi connectivity index (χ1v) is 9.37. The molecule has 1 heterocycles.